The minimum atomic E-state index is -0.285. The largest absolute Gasteiger partial charge is 0.447 e. The van der Waals surface area contributed by atoms with E-state index in [-0.39, 0.29) is 23.6 Å². The molecule has 1 amide bonds. The number of β-amino-alcohol motifs (C(OH)–C–C–N with tert-alkyl or cyclic N) is 1. The van der Waals surface area contributed by atoms with Crippen LogP contribution in [0, 0.1) is 19.8 Å². The Hall–Kier alpha value is -2.22. The summed E-state index contributed by atoms with van der Waals surface area (Å²) >= 11 is 0. The smallest absolute Gasteiger partial charge is 0.277 e. The normalized spacial score (nSPS) is 16.9. The summed E-state index contributed by atoms with van der Waals surface area (Å²) in [5.41, 5.74) is 3.36. The summed E-state index contributed by atoms with van der Waals surface area (Å²) in [6.07, 6.45) is 1.13. The summed E-state index contributed by atoms with van der Waals surface area (Å²) in [4.78, 5) is 21.3. The first-order valence-corrected chi connectivity index (χ1v) is 10.3. The first kappa shape index (κ1) is 21.5. The van der Waals surface area contributed by atoms with E-state index in [1.165, 1.54) is 11.8 Å². The van der Waals surface area contributed by atoms with Gasteiger partial charge in [0, 0.05) is 38.4 Å². The quantitative estimate of drug-likeness (QED) is 0.744. The van der Waals surface area contributed by atoms with Crippen LogP contribution in [0.15, 0.2) is 28.9 Å². The van der Waals surface area contributed by atoms with Crippen LogP contribution in [0.4, 0.5) is 5.69 Å². The van der Waals surface area contributed by atoms with Crippen LogP contribution in [0.5, 0.6) is 0 Å². The van der Waals surface area contributed by atoms with Crippen molar-refractivity contribution in [1.82, 2.24) is 14.8 Å². The molecule has 1 aromatic carbocycles. The van der Waals surface area contributed by atoms with Gasteiger partial charge in [0.25, 0.3) is 5.91 Å². The van der Waals surface area contributed by atoms with Crippen LogP contribution in [0.25, 0.3) is 0 Å². The Morgan fingerprint density at radius 1 is 1.17 bits per heavy atom. The minimum Gasteiger partial charge on any atom is -0.447 e. The molecule has 0 radical (unpaired) electrons. The van der Waals surface area contributed by atoms with Gasteiger partial charge >= 0.3 is 0 Å². The number of rotatable bonds is 7. The average Bonchev–Trinajstić information content (AvgIpc) is 3.15. The van der Waals surface area contributed by atoms with Gasteiger partial charge in [-0.05, 0) is 43.0 Å². The number of aryl methyl sites for hydroxylation is 2. The molecule has 0 bridgehead atoms. The van der Waals surface area contributed by atoms with E-state index in [0.29, 0.717) is 19.0 Å². The highest BCUT2D eigenvalue weighted by atomic mass is 16.3. The number of carbonyl (C=O) groups excluding carboxylic acids is 1. The summed E-state index contributed by atoms with van der Waals surface area (Å²) in [7, 11) is 0. The molecule has 7 nitrogen and oxygen atoms in total. The topological polar surface area (TPSA) is 81.8 Å². The molecule has 1 aromatic heterocycles. The lowest BCUT2D eigenvalue weighted by Gasteiger charge is -2.35. The molecular formula is C22H32N4O3. The molecule has 0 spiro atoms. The van der Waals surface area contributed by atoms with Gasteiger partial charge in [-0.1, -0.05) is 19.9 Å². The molecule has 2 aromatic rings. The third kappa shape index (κ3) is 5.88. The molecule has 158 valence electrons. The van der Waals surface area contributed by atoms with E-state index in [2.05, 4.69) is 20.1 Å². The molecule has 7 heteroatoms. The molecule has 3 rings (SSSR count). The van der Waals surface area contributed by atoms with Crippen LogP contribution in [0.1, 0.15) is 41.4 Å². The highest BCUT2D eigenvalue weighted by molar-refractivity contribution is 6.02. The SMILES string of the molecule is Cc1ccc(NC(=O)c2coc(CN3CCN(C[C@@H](O)C(C)C)CC3)n2)cc1C. The Morgan fingerprint density at radius 3 is 2.52 bits per heavy atom. The van der Waals surface area contributed by atoms with Crippen LogP contribution in [0.3, 0.4) is 0 Å². The van der Waals surface area contributed by atoms with Crippen LogP contribution in [0.2, 0.25) is 0 Å². The molecule has 29 heavy (non-hydrogen) atoms. The second kappa shape index (κ2) is 9.52. The molecule has 1 aliphatic rings. The van der Waals surface area contributed by atoms with Gasteiger partial charge in [0.1, 0.15) is 6.26 Å². The fraction of sp³-hybridized carbons (Fsp3) is 0.545. The molecule has 1 aliphatic heterocycles. The number of carbonyl (C=O) groups is 1. The van der Waals surface area contributed by atoms with Gasteiger partial charge in [-0.3, -0.25) is 14.6 Å². The fourth-order valence-electron chi connectivity index (χ4n) is 3.30. The zero-order chi connectivity index (χ0) is 21.0. The van der Waals surface area contributed by atoms with Gasteiger partial charge in [0.15, 0.2) is 5.69 Å². The molecule has 2 heterocycles. The number of anilines is 1. The number of amides is 1. The Kier molecular flexibility index (Phi) is 7.05. The van der Waals surface area contributed by atoms with Crippen LogP contribution in [-0.2, 0) is 6.54 Å². The van der Waals surface area contributed by atoms with E-state index >= 15 is 0 Å². The van der Waals surface area contributed by atoms with Crippen LogP contribution in [-0.4, -0.2) is 64.6 Å². The van der Waals surface area contributed by atoms with Crippen molar-refractivity contribution in [2.45, 2.75) is 40.3 Å². The molecule has 1 saturated heterocycles. The van der Waals surface area contributed by atoms with E-state index < -0.39 is 0 Å². The molecular weight excluding hydrogens is 368 g/mol. The van der Waals surface area contributed by atoms with Gasteiger partial charge in [-0.15, -0.1) is 0 Å². The number of hydrogen-bond acceptors (Lipinski definition) is 6. The van der Waals surface area contributed by atoms with Gasteiger partial charge < -0.3 is 14.8 Å². The van der Waals surface area contributed by atoms with Gasteiger partial charge in [0.05, 0.1) is 12.6 Å². The van der Waals surface area contributed by atoms with Crippen molar-refractivity contribution in [2.24, 2.45) is 5.92 Å². The third-order valence-electron chi connectivity index (χ3n) is 5.59. The van der Waals surface area contributed by atoms with Crippen LogP contribution >= 0.6 is 0 Å². The first-order chi connectivity index (χ1) is 13.8. The van der Waals surface area contributed by atoms with Crippen molar-refractivity contribution >= 4 is 11.6 Å². The number of nitrogens with one attached hydrogen (secondary N) is 1. The third-order valence-corrected chi connectivity index (χ3v) is 5.59. The van der Waals surface area contributed by atoms with Crippen molar-refractivity contribution < 1.29 is 14.3 Å². The molecule has 2 N–H and O–H groups in total. The van der Waals surface area contributed by atoms with Crippen molar-refractivity contribution in [2.75, 3.05) is 38.0 Å². The van der Waals surface area contributed by atoms with E-state index in [9.17, 15) is 9.90 Å². The van der Waals surface area contributed by atoms with Gasteiger partial charge in [-0.25, -0.2) is 4.98 Å². The Labute approximate surface area is 172 Å². The van der Waals surface area contributed by atoms with Gasteiger partial charge in [-0.2, -0.15) is 0 Å². The maximum atomic E-state index is 12.4. The Bertz CT molecular complexity index is 825. The maximum absolute atomic E-state index is 12.4. The Balaban J connectivity index is 1.49. The fourth-order valence-corrected chi connectivity index (χ4v) is 3.30. The molecule has 0 aliphatic carbocycles. The predicted molar refractivity (Wildman–Crippen MR) is 113 cm³/mol. The second-order valence-electron chi connectivity index (χ2n) is 8.27. The van der Waals surface area contributed by atoms with Gasteiger partial charge in [0.2, 0.25) is 5.89 Å². The monoisotopic (exact) mass is 400 g/mol. The molecule has 0 saturated carbocycles. The first-order valence-electron chi connectivity index (χ1n) is 10.3. The summed E-state index contributed by atoms with van der Waals surface area (Å²) < 4.78 is 5.52. The lowest BCUT2D eigenvalue weighted by Crippen LogP contribution is -2.48. The standard InChI is InChI=1S/C22H32N4O3/c1-15(2)20(27)12-25-7-9-26(10-8-25)13-21-24-19(14-29-21)22(28)23-18-6-5-16(3)17(4)11-18/h5-6,11,14-15,20,27H,7-10,12-13H2,1-4H3,(H,23,28)/t20-/m1/s1. The lowest BCUT2D eigenvalue weighted by molar-refractivity contribution is 0.0463. The average molecular weight is 401 g/mol. The second-order valence-corrected chi connectivity index (χ2v) is 8.27. The number of nitrogens with zero attached hydrogens (tertiary/aromatic N) is 3. The number of aliphatic hydroxyl groups excluding tert-OH is 1. The summed E-state index contributed by atoms with van der Waals surface area (Å²) in [6.45, 7) is 13.0. The number of oxazole rings is 1. The number of hydrogen-bond donors (Lipinski definition) is 2. The molecule has 1 fully saturated rings. The molecule has 0 unspecified atom stereocenters. The van der Waals surface area contributed by atoms with E-state index in [4.69, 9.17) is 4.42 Å². The zero-order valence-electron chi connectivity index (χ0n) is 17.8. The predicted octanol–water partition coefficient (Wildman–Crippen LogP) is 2.68. The van der Waals surface area contributed by atoms with E-state index in [1.807, 2.05) is 45.9 Å². The van der Waals surface area contributed by atoms with Crippen molar-refractivity contribution in [3.63, 3.8) is 0 Å². The van der Waals surface area contributed by atoms with Crippen LogP contribution < -0.4 is 5.32 Å². The number of benzene rings is 1. The maximum Gasteiger partial charge on any atom is 0.277 e. The van der Waals surface area contributed by atoms with E-state index in [0.717, 1.165) is 37.4 Å². The summed E-state index contributed by atoms with van der Waals surface area (Å²) in [5.74, 6) is 0.551. The molecule has 1 atom stereocenters. The minimum absolute atomic E-state index is 0.268. The zero-order valence-corrected chi connectivity index (χ0v) is 17.8. The Morgan fingerprint density at radius 2 is 1.86 bits per heavy atom. The lowest BCUT2D eigenvalue weighted by atomic mass is 10.1. The number of aromatic nitrogens is 1. The number of aliphatic hydroxyl groups is 1. The van der Waals surface area contributed by atoms with E-state index in [1.54, 1.807) is 0 Å². The van der Waals surface area contributed by atoms with Crippen molar-refractivity contribution in [3.05, 3.63) is 47.2 Å². The number of piperazine rings is 1. The summed E-state index contributed by atoms with van der Waals surface area (Å²) in [5, 5.41) is 12.9. The highest BCUT2D eigenvalue weighted by Crippen LogP contribution is 2.16. The summed E-state index contributed by atoms with van der Waals surface area (Å²) in [6, 6.07) is 5.82. The van der Waals surface area contributed by atoms with Crippen molar-refractivity contribution in [3.8, 4) is 0 Å². The highest BCUT2D eigenvalue weighted by Gasteiger charge is 2.22. The van der Waals surface area contributed by atoms with Crippen molar-refractivity contribution in [1.29, 1.82) is 0 Å².